The number of aromatic nitrogens is 1. The van der Waals surface area contributed by atoms with E-state index in [1.807, 2.05) is 24.0 Å². The van der Waals surface area contributed by atoms with Crippen molar-refractivity contribution < 1.29 is 27.5 Å². The molecule has 0 bridgehead atoms. The van der Waals surface area contributed by atoms with E-state index in [0.29, 0.717) is 35.9 Å². The van der Waals surface area contributed by atoms with E-state index in [1.165, 1.54) is 23.1 Å². The van der Waals surface area contributed by atoms with Crippen LogP contribution in [0, 0.1) is 6.92 Å². The van der Waals surface area contributed by atoms with Crippen molar-refractivity contribution in [3.8, 4) is 11.6 Å². The van der Waals surface area contributed by atoms with E-state index in [0.717, 1.165) is 11.6 Å². The lowest BCUT2D eigenvalue weighted by atomic mass is 10.1. The van der Waals surface area contributed by atoms with Gasteiger partial charge in [0.2, 0.25) is 5.88 Å². The fourth-order valence-electron chi connectivity index (χ4n) is 4.26. The molecular formula is C25H21F3N4O3. The van der Waals surface area contributed by atoms with Gasteiger partial charge in [0.05, 0.1) is 16.8 Å². The fourth-order valence-corrected chi connectivity index (χ4v) is 4.26. The summed E-state index contributed by atoms with van der Waals surface area (Å²) in [5.41, 5.74) is 0.396. The van der Waals surface area contributed by atoms with Gasteiger partial charge >= 0.3 is 6.18 Å². The van der Waals surface area contributed by atoms with E-state index < -0.39 is 17.6 Å². The van der Waals surface area contributed by atoms with Crippen molar-refractivity contribution >= 4 is 23.3 Å². The van der Waals surface area contributed by atoms with E-state index in [1.54, 1.807) is 18.2 Å². The molecule has 3 heterocycles. The molecule has 1 fully saturated rings. The number of nitrogens with zero attached hydrogens (tertiary/aromatic N) is 3. The van der Waals surface area contributed by atoms with Crippen LogP contribution < -0.4 is 15.0 Å². The van der Waals surface area contributed by atoms with Gasteiger partial charge in [-0.2, -0.15) is 18.2 Å². The van der Waals surface area contributed by atoms with Crippen LogP contribution in [0.1, 0.15) is 31.8 Å². The largest absolute Gasteiger partial charge is 0.436 e. The minimum atomic E-state index is -4.61. The quantitative estimate of drug-likeness (QED) is 0.572. The zero-order valence-corrected chi connectivity index (χ0v) is 18.7. The number of aryl methyl sites for hydroxylation is 1. The number of piperazine rings is 1. The number of halogens is 3. The number of pyridine rings is 1. The van der Waals surface area contributed by atoms with Crippen LogP contribution >= 0.6 is 0 Å². The molecule has 0 aliphatic carbocycles. The van der Waals surface area contributed by atoms with Crippen molar-refractivity contribution in [2.75, 3.05) is 36.4 Å². The van der Waals surface area contributed by atoms with Crippen LogP contribution in [0.5, 0.6) is 11.6 Å². The third-order valence-corrected chi connectivity index (χ3v) is 6.10. The number of benzene rings is 2. The number of hydrogen-bond acceptors (Lipinski definition) is 5. The van der Waals surface area contributed by atoms with Gasteiger partial charge in [0.1, 0.15) is 11.4 Å². The molecule has 2 aliphatic heterocycles. The van der Waals surface area contributed by atoms with Crippen molar-refractivity contribution in [3.05, 3.63) is 76.9 Å². The summed E-state index contributed by atoms with van der Waals surface area (Å²) < 4.78 is 46.0. The van der Waals surface area contributed by atoms with Gasteiger partial charge in [0.25, 0.3) is 11.8 Å². The van der Waals surface area contributed by atoms with Gasteiger partial charge in [0.15, 0.2) is 5.75 Å². The van der Waals surface area contributed by atoms with Crippen LogP contribution in [0.2, 0.25) is 0 Å². The van der Waals surface area contributed by atoms with E-state index in [2.05, 4.69) is 10.3 Å². The summed E-state index contributed by atoms with van der Waals surface area (Å²) in [6, 6.07) is 13.6. The van der Waals surface area contributed by atoms with Crippen LogP contribution in [-0.4, -0.2) is 47.9 Å². The molecule has 2 aliphatic rings. The molecule has 10 heteroatoms. The highest BCUT2D eigenvalue weighted by molar-refractivity contribution is 6.07. The Bertz CT molecular complexity index is 1320. The van der Waals surface area contributed by atoms with E-state index in [4.69, 9.17) is 4.74 Å². The number of alkyl halides is 3. The normalized spacial score (nSPS) is 15.5. The number of nitrogens with one attached hydrogen (secondary N) is 1. The molecule has 0 saturated carbocycles. The molecule has 2 amide bonds. The molecule has 1 saturated heterocycles. The van der Waals surface area contributed by atoms with Gasteiger partial charge < -0.3 is 19.9 Å². The van der Waals surface area contributed by atoms with Crippen molar-refractivity contribution in [2.45, 2.75) is 13.1 Å². The average Bonchev–Trinajstić information content (AvgIpc) is 2.99. The lowest BCUT2D eigenvalue weighted by Crippen LogP contribution is -2.49. The Morgan fingerprint density at radius 3 is 2.49 bits per heavy atom. The summed E-state index contributed by atoms with van der Waals surface area (Å²) in [6.45, 7) is 3.06. The van der Waals surface area contributed by atoms with E-state index in [-0.39, 0.29) is 30.4 Å². The van der Waals surface area contributed by atoms with Gasteiger partial charge in [-0.15, -0.1) is 0 Å². The first kappa shape index (κ1) is 22.7. The summed E-state index contributed by atoms with van der Waals surface area (Å²) in [4.78, 5) is 33.4. The summed E-state index contributed by atoms with van der Waals surface area (Å²) >= 11 is 0. The molecule has 1 aromatic heterocycles. The van der Waals surface area contributed by atoms with Gasteiger partial charge in [-0.25, -0.2) is 0 Å². The minimum Gasteiger partial charge on any atom is -0.436 e. The van der Waals surface area contributed by atoms with Crippen LogP contribution in [0.3, 0.4) is 0 Å². The maximum Gasteiger partial charge on any atom is 0.417 e. The van der Waals surface area contributed by atoms with Crippen molar-refractivity contribution in [1.29, 1.82) is 0 Å². The molecule has 0 spiro atoms. The summed E-state index contributed by atoms with van der Waals surface area (Å²) in [5, 5.41) is 2.83. The molecule has 3 aromatic rings. The second kappa shape index (κ2) is 8.61. The van der Waals surface area contributed by atoms with Crippen LogP contribution in [0.15, 0.2) is 54.6 Å². The number of para-hydroxylation sites is 1. The number of carbonyl (C=O) groups excluding carboxylic acids is 2. The predicted octanol–water partition coefficient (Wildman–Crippen LogP) is 4.73. The zero-order valence-electron chi connectivity index (χ0n) is 18.7. The number of ether oxygens (including phenoxy) is 1. The molecule has 7 nitrogen and oxygen atoms in total. The summed E-state index contributed by atoms with van der Waals surface area (Å²) in [5.74, 6) is 0.256. The standard InChI is InChI=1S/C25H21F3N4O3/c1-15-5-4-8-19-21(15)35-23-17(22(33)29-19)9-10-20(30-23)31-11-13-32(14-12-31)24(34)16-6-2-3-7-18(16)25(26,27)28/h2-10H,11-14H2,1H3,(H,29,33). The Morgan fingerprint density at radius 2 is 1.74 bits per heavy atom. The molecule has 1 N–H and O–H groups in total. The number of hydrogen-bond donors (Lipinski definition) is 1. The third kappa shape index (κ3) is 4.27. The fraction of sp³-hybridized carbons (Fsp3) is 0.240. The Labute approximate surface area is 199 Å². The average molecular weight is 482 g/mol. The monoisotopic (exact) mass is 482 g/mol. The number of amides is 2. The van der Waals surface area contributed by atoms with Gasteiger partial charge in [-0.1, -0.05) is 24.3 Å². The highest BCUT2D eigenvalue weighted by atomic mass is 19.4. The van der Waals surface area contributed by atoms with Crippen LogP contribution in [-0.2, 0) is 6.18 Å². The highest BCUT2D eigenvalue weighted by Crippen LogP contribution is 2.38. The van der Waals surface area contributed by atoms with Gasteiger partial charge in [-0.3, -0.25) is 9.59 Å². The van der Waals surface area contributed by atoms with Crippen molar-refractivity contribution in [1.82, 2.24) is 9.88 Å². The van der Waals surface area contributed by atoms with Crippen molar-refractivity contribution in [2.24, 2.45) is 0 Å². The minimum absolute atomic E-state index is 0.172. The Kier molecular flexibility index (Phi) is 5.58. The number of rotatable bonds is 2. The second-order valence-corrected chi connectivity index (χ2v) is 8.35. The molecule has 0 radical (unpaired) electrons. The van der Waals surface area contributed by atoms with Crippen molar-refractivity contribution in [3.63, 3.8) is 0 Å². The number of carbonyl (C=O) groups is 2. The first-order chi connectivity index (χ1) is 16.7. The SMILES string of the molecule is Cc1cccc2c1Oc1nc(N3CCN(C(=O)c4ccccc4C(F)(F)F)CC3)ccc1C(=O)N2. The molecule has 35 heavy (non-hydrogen) atoms. The highest BCUT2D eigenvalue weighted by Gasteiger charge is 2.36. The topological polar surface area (TPSA) is 74.8 Å². The summed E-state index contributed by atoms with van der Waals surface area (Å²) in [7, 11) is 0. The molecule has 0 atom stereocenters. The predicted molar refractivity (Wildman–Crippen MR) is 123 cm³/mol. The van der Waals surface area contributed by atoms with Crippen LogP contribution in [0.4, 0.5) is 24.7 Å². The zero-order chi connectivity index (χ0) is 24.7. The molecule has 0 unspecified atom stereocenters. The lowest BCUT2D eigenvalue weighted by Gasteiger charge is -2.36. The van der Waals surface area contributed by atoms with E-state index >= 15 is 0 Å². The maximum atomic E-state index is 13.3. The molecular weight excluding hydrogens is 461 g/mol. The summed E-state index contributed by atoms with van der Waals surface area (Å²) in [6.07, 6.45) is -4.61. The van der Waals surface area contributed by atoms with E-state index in [9.17, 15) is 22.8 Å². The lowest BCUT2D eigenvalue weighted by molar-refractivity contribution is -0.138. The maximum absolute atomic E-state index is 13.3. The Hall–Kier alpha value is -4.08. The number of fused-ring (bicyclic) bond motifs is 2. The molecule has 2 aromatic carbocycles. The Balaban J connectivity index is 1.34. The molecule has 5 rings (SSSR count). The second-order valence-electron chi connectivity index (χ2n) is 8.35. The van der Waals surface area contributed by atoms with Gasteiger partial charge in [0, 0.05) is 26.2 Å². The molecule has 180 valence electrons. The van der Waals surface area contributed by atoms with Crippen LogP contribution in [0.25, 0.3) is 0 Å². The third-order valence-electron chi connectivity index (χ3n) is 6.10. The first-order valence-electron chi connectivity index (χ1n) is 11.0. The smallest absolute Gasteiger partial charge is 0.417 e. The first-order valence-corrected chi connectivity index (χ1v) is 11.0. The Morgan fingerprint density at radius 1 is 1.00 bits per heavy atom. The number of anilines is 2. The van der Waals surface area contributed by atoms with Gasteiger partial charge in [-0.05, 0) is 42.8 Å².